The first-order valence-corrected chi connectivity index (χ1v) is 9.17. The van der Waals surface area contributed by atoms with Gasteiger partial charge >= 0.3 is 0 Å². The largest absolute Gasteiger partial charge is 0.550 e. The lowest BCUT2D eigenvalue weighted by Crippen LogP contribution is -2.33. The van der Waals surface area contributed by atoms with Crippen molar-refractivity contribution in [2.45, 2.75) is 23.2 Å². The molecular formula is C19H14FN4O2S-. The summed E-state index contributed by atoms with van der Waals surface area (Å²) in [6.07, 6.45) is 0.267. The van der Waals surface area contributed by atoms with Crippen LogP contribution in [0.25, 0.3) is 0 Å². The number of carboxylic acid groups (broad SMARTS) is 1. The van der Waals surface area contributed by atoms with E-state index in [2.05, 4.69) is 15.3 Å². The van der Waals surface area contributed by atoms with E-state index in [1.54, 1.807) is 16.8 Å². The summed E-state index contributed by atoms with van der Waals surface area (Å²) in [6, 6.07) is 15.6. The molecule has 1 atom stereocenters. The van der Waals surface area contributed by atoms with E-state index >= 15 is 0 Å². The number of aliphatic carboxylic acids is 1. The Bertz CT molecular complexity index is 1000. The maximum atomic E-state index is 13.1. The summed E-state index contributed by atoms with van der Waals surface area (Å²) < 4.78 is 14.7. The van der Waals surface area contributed by atoms with E-state index in [0.717, 1.165) is 11.1 Å². The third kappa shape index (κ3) is 3.75. The van der Waals surface area contributed by atoms with Gasteiger partial charge in [-0.15, -0.1) is 10.2 Å². The minimum Gasteiger partial charge on any atom is -0.550 e. The molecule has 0 bridgehead atoms. The second kappa shape index (κ2) is 7.32. The molecule has 0 spiro atoms. The summed E-state index contributed by atoms with van der Waals surface area (Å²) in [5, 5.41) is 24.3. The van der Waals surface area contributed by atoms with Gasteiger partial charge in [-0.05, 0) is 23.3 Å². The van der Waals surface area contributed by atoms with E-state index in [1.807, 2.05) is 30.3 Å². The Morgan fingerprint density at radius 3 is 2.56 bits per heavy atom. The van der Waals surface area contributed by atoms with Crippen LogP contribution < -0.4 is 5.11 Å². The predicted molar refractivity (Wildman–Crippen MR) is 96.9 cm³/mol. The fourth-order valence-electron chi connectivity index (χ4n) is 2.86. The van der Waals surface area contributed by atoms with Crippen molar-refractivity contribution in [1.82, 2.24) is 14.9 Å². The highest BCUT2D eigenvalue weighted by Gasteiger charge is 2.28. The first-order chi connectivity index (χ1) is 13.1. The number of thioether (sulfide) groups is 1. The van der Waals surface area contributed by atoms with Crippen molar-refractivity contribution >= 4 is 23.4 Å². The van der Waals surface area contributed by atoms with Gasteiger partial charge in [-0.3, -0.25) is 0 Å². The molecule has 0 saturated carbocycles. The molecule has 8 heteroatoms. The van der Waals surface area contributed by atoms with Crippen molar-refractivity contribution in [3.05, 3.63) is 77.4 Å². The Morgan fingerprint density at radius 2 is 1.85 bits per heavy atom. The molecule has 2 heterocycles. The zero-order chi connectivity index (χ0) is 18.8. The van der Waals surface area contributed by atoms with Crippen molar-refractivity contribution in [1.29, 1.82) is 0 Å². The number of benzene rings is 2. The van der Waals surface area contributed by atoms with E-state index in [1.165, 1.54) is 23.9 Å². The highest BCUT2D eigenvalue weighted by atomic mass is 32.2. The lowest BCUT2D eigenvalue weighted by Gasteiger charge is -2.23. The minimum atomic E-state index is -1.14. The number of carboxylic acids is 1. The lowest BCUT2D eigenvalue weighted by atomic mass is 10.1. The number of fused-ring (bicyclic) bond motifs is 1. The number of hydrogen-bond donors (Lipinski definition) is 0. The van der Waals surface area contributed by atoms with Gasteiger partial charge in [0.1, 0.15) is 5.82 Å². The van der Waals surface area contributed by atoms with Gasteiger partial charge in [0.25, 0.3) is 0 Å². The van der Waals surface area contributed by atoms with Gasteiger partial charge in [0.15, 0.2) is 5.82 Å². The molecule has 0 saturated heterocycles. The van der Waals surface area contributed by atoms with E-state index in [4.69, 9.17) is 0 Å². The molecule has 4 rings (SSSR count). The van der Waals surface area contributed by atoms with Crippen LogP contribution in [0.15, 0.2) is 64.9 Å². The van der Waals surface area contributed by atoms with Crippen molar-refractivity contribution in [3.8, 4) is 0 Å². The maximum Gasteiger partial charge on any atom is 0.212 e. The topological polar surface area (TPSA) is 83.2 Å². The van der Waals surface area contributed by atoms with Crippen LogP contribution in [0.4, 0.5) is 4.39 Å². The zero-order valence-corrected chi connectivity index (χ0v) is 14.9. The number of nitrogens with zero attached hydrogens (tertiary/aromatic N) is 4. The van der Waals surface area contributed by atoms with Gasteiger partial charge in [-0.1, -0.05) is 54.2 Å². The summed E-state index contributed by atoms with van der Waals surface area (Å²) >= 11 is 1.30. The summed E-state index contributed by atoms with van der Waals surface area (Å²) in [5.41, 5.74) is 2.35. The Labute approximate surface area is 158 Å². The Kier molecular flexibility index (Phi) is 4.72. The molecule has 0 N–H and O–H groups in total. The molecule has 0 amide bonds. The minimum absolute atomic E-state index is 0.168. The van der Waals surface area contributed by atoms with Crippen LogP contribution in [-0.2, 0) is 11.2 Å². The first kappa shape index (κ1) is 17.4. The van der Waals surface area contributed by atoms with Crippen LogP contribution in [0, 0.1) is 5.82 Å². The number of hydrogen-bond acceptors (Lipinski definition) is 6. The van der Waals surface area contributed by atoms with E-state index < -0.39 is 11.2 Å². The summed E-state index contributed by atoms with van der Waals surface area (Å²) in [5.74, 6) is -0.841. The first-order valence-electron chi connectivity index (χ1n) is 8.29. The van der Waals surface area contributed by atoms with Crippen LogP contribution in [0.5, 0.6) is 0 Å². The maximum absolute atomic E-state index is 13.1. The second-order valence-corrected chi connectivity index (χ2v) is 7.22. The average Bonchev–Trinajstić information content (AvgIpc) is 3.05. The Morgan fingerprint density at radius 1 is 1.11 bits per heavy atom. The quantitative estimate of drug-likeness (QED) is 0.674. The van der Waals surface area contributed by atoms with Crippen molar-refractivity contribution in [2.75, 3.05) is 0 Å². The third-order valence-corrected chi connectivity index (χ3v) is 5.27. The van der Waals surface area contributed by atoms with Crippen LogP contribution in [-0.4, -0.2) is 31.8 Å². The van der Waals surface area contributed by atoms with E-state index in [9.17, 15) is 14.3 Å². The number of carbonyl (C=O) groups is 1. The fraction of sp³-hybridized carbons (Fsp3) is 0.158. The van der Waals surface area contributed by atoms with Crippen molar-refractivity contribution < 1.29 is 14.3 Å². The molecule has 1 aliphatic heterocycles. The molecule has 2 aromatic carbocycles. The van der Waals surface area contributed by atoms with Crippen molar-refractivity contribution in [2.24, 2.45) is 5.10 Å². The van der Waals surface area contributed by atoms with Crippen molar-refractivity contribution in [3.63, 3.8) is 0 Å². The molecule has 27 heavy (non-hydrogen) atoms. The molecular weight excluding hydrogens is 367 g/mol. The molecule has 6 nitrogen and oxygen atoms in total. The molecule has 3 aromatic rings. The highest BCUT2D eigenvalue weighted by molar-refractivity contribution is 8.00. The van der Waals surface area contributed by atoms with E-state index in [0.29, 0.717) is 23.1 Å². The summed E-state index contributed by atoms with van der Waals surface area (Å²) in [4.78, 5) is 11.2. The molecule has 1 aromatic heterocycles. The van der Waals surface area contributed by atoms with Gasteiger partial charge in [0.2, 0.25) is 5.16 Å². The van der Waals surface area contributed by atoms with Crippen LogP contribution >= 0.6 is 11.8 Å². The smallest absolute Gasteiger partial charge is 0.212 e. The normalized spacial score (nSPS) is 15.9. The van der Waals surface area contributed by atoms with Gasteiger partial charge in [-0.2, -0.15) is 9.78 Å². The number of aromatic nitrogens is 3. The van der Waals surface area contributed by atoms with Gasteiger partial charge < -0.3 is 9.90 Å². The van der Waals surface area contributed by atoms with Crippen LogP contribution in [0.2, 0.25) is 0 Å². The standard InChI is InChI=1S/C19H15FN4O2S/c20-14-8-6-12(7-9-14)10-16-21-22-19-24(16)23-18(13-4-2-1-3-5-13)15(27-19)11-17(25)26/h1-9,15H,10-11H2,(H,25,26)/p-1. The van der Waals surface area contributed by atoms with E-state index in [-0.39, 0.29) is 12.2 Å². The fourth-order valence-corrected chi connectivity index (χ4v) is 3.96. The Balaban J connectivity index is 1.72. The van der Waals surface area contributed by atoms with Crippen LogP contribution in [0.1, 0.15) is 23.4 Å². The zero-order valence-electron chi connectivity index (χ0n) is 14.1. The molecule has 0 radical (unpaired) electrons. The highest BCUT2D eigenvalue weighted by Crippen LogP contribution is 2.32. The predicted octanol–water partition coefficient (Wildman–Crippen LogP) is 1.87. The number of halogens is 1. The van der Waals surface area contributed by atoms with Gasteiger partial charge in [-0.25, -0.2) is 4.39 Å². The van der Waals surface area contributed by atoms with Crippen LogP contribution in [0.3, 0.4) is 0 Å². The van der Waals surface area contributed by atoms with Gasteiger partial charge in [0.05, 0.1) is 11.0 Å². The summed E-state index contributed by atoms with van der Waals surface area (Å²) in [7, 11) is 0. The molecule has 1 unspecified atom stereocenters. The molecule has 1 aliphatic rings. The molecule has 0 aliphatic carbocycles. The number of carbonyl (C=O) groups excluding carboxylic acids is 1. The monoisotopic (exact) mass is 381 g/mol. The lowest BCUT2D eigenvalue weighted by molar-refractivity contribution is -0.305. The number of rotatable bonds is 5. The molecule has 0 fully saturated rings. The molecule has 136 valence electrons. The summed E-state index contributed by atoms with van der Waals surface area (Å²) in [6.45, 7) is 0. The van der Waals surface area contributed by atoms with Gasteiger partial charge in [0, 0.05) is 18.8 Å². The SMILES string of the molecule is O=C([O-])CC1Sc2nnc(Cc3ccc(F)cc3)n2N=C1c1ccccc1. The average molecular weight is 381 g/mol. The Hall–Kier alpha value is -3.00. The third-order valence-electron chi connectivity index (χ3n) is 4.13. The second-order valence-electron chi connectivity index (χ2n) is 6.05.